The molecule has 0 aliphatic carbocycles. The molecule has 2 rings (SSSR count). The Bertz CT molecular complexity index is 543. The van der Waals surface area contributed by atoms with Crippen molar-refractivity contribution in [1.82, 2.24) is 9.97 Å². The van der Waals surface area contributed by atoms with Gasteiger partial charge in [-0.15, -0.1) is 0 Å². The zero-order valence-electron chi connectivity index (χ0n) is 8.73. The first-order valence-electron chi connectivity index (χ1n) is 4.90. The highest BCUT2D eigenvalue weighted by atomic mass is 19.1. The molecular formula is C12H8F2N2O. The molecule has 0 radical (unpaired) electrons. The van der Waals surface area contributed by atoms with Gasteiger partial charge in [0, 0.05) is 18.6 Å². The molecule has 1 aromatic heterocycles. The maximum atomic E-state index is 13.3. The number of rotatable bonds is 3. The number of aromatic nitrogens is 2. The van der Waals surface area contributed by atoms with Gasteiger partial charge in [-0.1, -0.05) is 0 Å². The molecule has 1 heterocycles. The second kappa shape index (κ2) is 4.78. The number of carbonyl (C=O) groups is 1. The SMILES string of the molecule is O=C(Cc1cnccn1)c1cc(F)ccc1F. The standard InChI is InChI=1S/C12H8F2N2O/c13-8-1-2-11(14)10(5-8)12(17)6-9-7-15-3-4-16-9/h1-5,7H,6H2. The van der Waals surface area contributed by atoms with Crippen molar-refractivity contribution in [2.75, 3.05) is 0 Å². The van der Waals surface area contributed by atoms with Crippen LogP contribution >= 0.6 is 0 Å². The average molecular weight is 234 g/mol. The Morgan fingerprint density at radius 1 is 1.24 bits per heavy atom. The van der Waals surface area contributed by atoms with Crippen LogP contribution in [0, 0.1) is 11.6 Å². The van der Waals surface area contributed by atoms with E-state index < -0.39 is 17.4 Å². The van der Waals surface area contributed by atoms with Gasteiger partial charge >= 0.3 is 0 Å². The number of nitrogens with zero attached hydrogens (tertiary/aromatic N) is 2. The maximum Gasteiger partial charge on any atom is 0.171 e. The summed E-state index contributed by atoms with van der Waals surface area (Å²) < 4.78 is 26.2. The Kier molecular flexibility index (Phi) is 3.18. The summed E-state index contributed by atoms with van der Waals surface area (Å²) in [6.45, 7) is 0. The van der Waals surface area contributed by atoms with Crippen LogP contribution in [0.25, 0.3) is 0 Å². The van der Waals surface area contributed by atoms with Gasteiger partial charge < -0.3 is 0 Å². The first-order valence-corrected chi connectivity index (χ1v) is 4.90. The molecule has 0 spiro atoms. The highest BCUT2D eigenvalue weighted by molar-refractivity contribution is 5.97. The van der Waals surface area contributed by atoms with E-state index in [1.807, 2.05) is 0 Å². The number of hydrogen-bond acceptors (Lipinski definition) is 3. The maximum absolute atomic E-state index is 13.3. The summed E-state index contributed by atoms with van der Waals surface area (Å²) in [6, 6.07) is 2.78. The second-order valence-corrected chi connectivity index (χ2v) is 3.42. The van der Waals surface area contributed by atoms with Crippen molar-refractivity contribution in [2.24, 2.45) is 0 Å². The lowest BCUT2D eigenvalue weighted by Gasteiger charge is -2.02. The first-order chi connectivity index (χ1) is 8.16. The Labute approximate surface area is 96.2 Å². The lowest BCUT2D eigenvalue weighted by molar-refractivity contribution is 0.0987. The fourth-order valence-corrected chi connectivity index (χ4v) is 1.39. The summed E-state index contributed by atoms with van der Waals surface area (Å²) in [5.41, 5.74) is 0.150. The lowest BCUT2D eigenvalue weighted by atomic mass is 10.1. The smallest absolute Gasteiger partial charge is 0.171 e. The van der Waals surface area contributed by atoms with Crippen LogP contribution in [0.3, 0.4) is 0 Å². The molecule has 17 heavy (non-hydrogen) atoms. The van der Waals surface area contributed by atoms with Gasteiger partial charge in [-0.05, 0) is 18.2 Å². The summed E-state index contributed by atoms with van der Waals surface area (Å²) in [5.74, 6) is -1.91. The molecule has 0 saturated heterocycles. The van der Waals surface area contributed by atoms with Gasteiger partial charge in [0.2, 0.25) is 0 Å². The molecule has 0 N–H and O–H groups in total. The van der Waals surface area contributed by atoms with E-state index in [1.54, 1.807) is 0 Å². The van der Waals surface area contributed by atoms with Crippen LogP contribution in [0.4, 0.5) is 8.78 Å². The number of benzene rings is 1. The molecule has 0 bridgehead atoms. The van der Waals surface area contributed by atoms with E-state index in [0.29, 0.717) is 5.69 Å². The average Bonchev–Trinajstić information content (AvgIpc) is 2.33. The fraction of sp³-hybridized carbons (Fsp3) is 0.0833. The van der Waals surface area contributed by atoms with Crippen LogP contribution in [-0.2, 0) is 6.42 Å². The van der Waals surface area contributed by atoms with E-state index in [4.69, 9.17) is 0 Å². The molecule has 5 heteroatoms. The van der Waals surface area contributed by atoms with Crippen LogP contribution in [-0.4, -0.2) is 15.8 Å². The predicted molar refractivity (Wildman–Crippen MR) is 56.4 cm³/mol. The minimum absolute atomic E-state index is 0.103. The van der Waals surface area contributed by atoms with E-state index in [0.717, 1.165) is 18.2 Å². The van der Waals surface area contributed by atoms with Gasteiger partial charge in [0.1, 0.15) is 11.6 Å². The molecule has 86 valence electrons. The van der Waals surface area contributed by atoms with Crippen molar-refractivity contribution < 1.29 is 13.6 Å². The topological polar surface area (TPSA) is 42.9 Å². The van der Waals surface area contributed by atoms with Crippen LogP contribution in [0.2, 0.25) is 0 Å². The summed E-state index contributed by atoms with van der Waals surface area (Å²) >= 11 is 0. The molecule has 0 amide bonds. The van der Waals surface area contributed by atoms with Crippen molar-refractivity contribution in [1.29, 1.82) is 0 Å². The molecule has 0 aliphatic heterocycles. The number of halogens is 2. The quantitative estimate of drug-likeness (QED) is 0.764. The third-order valence-corrected chi connectivity index (χ3v) is 2.19. The Morgan fingerprint density at radius 3 is 2.76 bits per heavy atom. The largest absolute Gasteiger partial charge is 0.294 e. The second-order valence-electron chi connectivity index (χ2n) is 3.42. The number of hydrogen-bond donors (Lipinski definition) is 0. The van der Waals surface area contributed by atoms with Gasteiger partial charge in [-0.25, -0.2) is 8.78 Å². The monoisotopic (exact) mass is 234 g/mol. The fourth-order valence-electron chi connectivity index (χ4n) is 1.39. The molecule has 0 unspecified atom stereocenters. The third kappa shape index (κ3) is 2.69. The van der Waals surface area contributed by atoms with Crippen molar-refractivity contribution in [2.45, 2.75) is 6.42 Å². The van der Waals surface area contributed by atoms with Gasteiger partial charge in [-0.2, -0.15) is 0 Å². The van der Waals surface area contributed by atoms with E-state index in [-0.39, 0.29) is 12.0 Å². The van der Waals surface area contributed by atoms with E-state index in [9.17, 15) is 13.6 Å². The van der Waals surface area contributed by atoms with E-state index in [2.05, 4.69) is 9.97 Å². The van der Waals surface area contributed by atoms with Crippen LogP contribution < -0.4 is 0 Å². The highest BCUT2D eigenvalue weighted by Gasteiger charge is 2.13. The van der Waals surface area contributed by atoms with Crippen molar-refractivity contribution in [3.05, 3.63) is 59.7 Å². The minimum atomic E-state index is -0.736. The van der Waals surface area contributed by atoms with Gasteiger partial charge in [0.05, 0.1) is 17.7 Å². The first kappa shape index (κ1) is 11.3. The summed E-state index contributed by atoms with van der Waals surface area (Å²) in [4.78, 5) is 19.4. The molecule has 0 saturated carbocycles. The van der Waals surface area contributed by atoms with Crippen molar-refractivity contribution >= 4 is 5.78 Å². The Balaban J connectivity index is 2.23. The molecular weight excluding hydrogens is 226 g/mol. The minimum Gasteiger partial charge on any atom is -0.294 e. The lowest BCUT2D eigenvalue weighted by Crippen LogP contribution is -2.08. The van der Waals surface area contributed by atoms with E-state index in [1.165, 1.54) is 18.6 Å². The molecule has 1 aromatic carbocycles. The third-order valence-electron chi connectivity index (χ3n) is 2.19. The highest BCUT2D eigenvalue weighted by Crippen LogP contribution is 2.12. The molecule has 0 fully saturated rings. The molecule has 0 aliphatic rings. The van der Waals surface area contributed by atoms with Crippen LogP contribution in [0.1, 0.15) is 16.1 Å². The van der Waals surface area contributed by atoms with Crippen molar-refractivity contribution in [3.63, 3.8) is 0 Å². The summed E-state index contributed by atoms with van der Waals surface area (Å²) in [7, 11) is 0. The number of carbonyl (C=O) groups excluding carboxylic acids is 1. The zero-order chi connectivity index (χ0) is 12.3. The summed E-state index contributed by atoms with van der Waals surface area (Å²) in [6.07, 6.45) is 4.21. The van der Waals surface area contributed by atoms with Gasteiger partial charge in [-0.3, -0.25) is 14.8 Å². The summed E-state index contributed by atoms with van der Waals surface area (Å²) in [5, 5.41) is 0. The van der Waals surface area contributed by atoms with Crippen LogP contribution in [0.15, 0.2) is 36.8 Å². The Hall–Kier alpha value is -2.17. The number of ketones is 1. The van der Waals surface area contributed by atoms with Crippen LogP contribution in [0.5, 0.6) is 0 Å². The Morgan fingerprint density at radius 2 is 2.06 bits per heavy atom. The van der Waals surface area contributed by atoms with Crippen molar-refractivity contribution in [3.8, 4) is 0 Å². The molecule has 3 nitrogen and oxygen atoms in total. The molecule has 2 aromatic rings. The molecule has 0 atom stereocenters. The zero-order valence-corrected chi connectivity index (χ0v) is 8.73. The normalized spacial score (nSPS) is 10.2. The van der Waals surface area contributed by atoms with Gasteiger partial charge in [0.15, 0.2) is 5.78 Å². The number of Topliss-reactive ketones (excluding diaryl/α,β-unsaturated/α-hetero) is 1. The van der Waals surface area contributed by atoms with Gasteiger partial charge in [0.25, 0.3) is 0 Å². The van der Waals surface area contributed by atoms with E-state index >= 15 is 0 Å². The predicted octanol–water partition coefficient (Wildman–Crippen LogP) is 2.18.